The van der Waals surface area contributed by atoms with Gasteiger partial charge in [0, 0.05) is 17.2 Å². The van der Waals surface area contributed by atoms with Gasteiger partial charge < -0.3 is 10.4 Å². The third-order valence-corrected chi connectivity index (χ3v) is 3.20. The monoisotopic (exact) mass is 278 g/mol. The third kappa shape index (κ3) is 4.30. The topological polar surface area (TPSA) is 62.2 Å². The number of rotatable bonds is 5. The Balaban J connectivity index is 3.14. The minimum Gasteiger partial charge on any atom is -0.389 e. The van der Waals surface area contributed by atoms with Crippen LogP contribution in [-0.2, 0) is 11.2 Å². The molecule has 112 valence electrons. The zero-order chi connectivity index (χ0) is 15.3. The van der Waals surface area contributed by atoms with Crippen molar-refractivity contribution in [2.45, 2.75) is 60.0 Å². The Hall–Kier alpha value is -1.42. The number of nitrogens with one attached hydrogen (secondary N) is 1. The summed E-state index contributed by atoms with van der Waals surface area (Å²) in [7, 11) is 0. The summed E-state index contributed by atoms with van der Waals surface area (Å²) in [4.78, 5) is 16.6. The van der Waals surface area contributed by atoms with Crippen molar-refractivity contribution >= 4 is 11.6 Å². The van der Waals surface area contributed by atoms with Crippen molar-refractivity contribution in [2.75, 3.05) is 5.32 Å². The highest BCUT2D eigenvalue weighted by Crippen LogP contribution is 2.28. The van der Waals surface area contributed by atoms with Gasteiger partial charge in [-0.2, -0.15) is 0 Å². The van der Waals surface area contributed by atoms with Crippen LogP contribution in [0.4, 0.5) is 5.69 Å². The third-order valence-electron chi connectivity index (χ3n) is 3.20. The van der Waals surface area contributed by atoms with Crippen LogP contribution in [0.3, 0.4) is 0 Å². The highest BCUT2D eigenvalue weighted by molar-refractivity contribution is 5.95. The molecule has 20 heavy (non-hydrogen) atoms. The van der Waals surface area contributed by atoms with Crippen molar-refractivity contribution in [3.63, 3.8) is 0 Å². The van der Waals surface area contributed by atoms with Crippen LogP contribution in [0, 0.1) is 5.41 Å². The fraction of sp³-hybridized carbons (Fsp3) is 0.625. The molecule has 1 atom stereocenters. The molecule has 0 aliphatic carbocycles. The van der Waals surface area contributed by atoms with E-state index in [1.54, 1.807) is 19.2 Å². The fourth-order valence-electron chi connectivity index (χ4n) is 1.85. The number of anilines is 1. The molecule has 4 heteroatoms. The molecule has 0 fully saturated rings. The van der Waals surface area contributed by atoms with Gasteiger partial charge in [-0.25, -0.2) is 0 Å². The lowest BCUT2D eigenvalue weighted by molar-refractivity contribution is -0.123. The predicted octanol–water partition coefficient (Wildman–Crippen LogP) is 3.46. The van der Waals surface area contributed by atoms with Gasteiger partial charge in [-0.05, 0) is 25.8 Å². The highest BCUT2D eigenvalue weighted by atomic mass is 16.3. The number of aryl methyl sites for hydroxylation is 1. The van der Waals surface area contributed by atoms with Gasteiger partial charge in [-0.3, -0.25) is 9.78 Å². The van der Waals surface area contributed by atoms with E-state index in [4.69, 9.17) is 0 Å². The molecular weight excluding hydrogens is 252 g/mol. The first-order valence-electron chi connectivity index (χ1n) is 7.24. The maximum absolute atomic E-state index is 12.2. The van der Waals surface area contributed by atoms with Gasteiger partial charge in [0.1, 0.15) is 0 Å². The number of unbranched alkanes of at least 4 members (excludes halogenated alkanes) is 1. The molecule has 0 bridgehead atoms. The largest absolute Gasteiger partial charge is 0.389 e. The maximum atomic E-state index is 12.2. The fourth-order valence-corrected chi connectivity index (χ4v) is 1.85. The lowest BCUT2D eigenvalue weighted by Crippen LogP contribution is -2.29. The Kier molecular flexibility index (Phi) is 5.69. The van der Waals surface area contributed by atoms with Crippen LogP contribution >= 0.6 is 0 Å². The summed E-state index contributed by atoms with van der Waals surface area (Å²) in [6, 6.07) is 1.76. The predicted molar refractivity (Wildman–Crippen MR) is 81.6 cm³/mol. The van der Waals surface area contributed by atoms with Crippen molar-refractivity contribution in [1.29, 1.82) is 0 Å². The quantitative estimate of drug-likeness (QED) is 0.867. The minimum absolute atomic E-state index is 0.0647. The van der Waals surface area contributed by atoms with Crippen LogP contribution in [-0.4, -0.2) is 16.0 Å². The zero-order valence-corrected chi connectivity index (χ0v) is 13.2. The number of aromatic nitrogens is 1. The second-order valence-electron chi connectivity index (χ2n) is 6.21. The van der Waals surface area contributed by atoms with Crippen molar-refractivity contribution in [1.82, 2.24) is 4.98 Å². The van der Waals surface area contributed by atoms with Gasteiger partial charge in [0.25, 0.3) is 0 Å². The molecule has 2 N–H and O–H groups in total. The van der Waals surface area contributed by atoms with E-state index in [2.05, 4.69) is 17.2 Å². The first kappa shape index (κ1) is 16.6. The Bertz CT molecular complexity index is 462. The Morgan fingerprint density at radius 1 is 1.45 bits per heavy atom. The zero-order valence-electron chi connectivity index (χ0n) is 13.2. The van der Waals surface area contributed by atoms with E-state index in [1.165, 1.54) is 0 Å². The van der Waals surface area contributed by atoms with Crippen LogP contribution < -0.4 is 5.32 Å². The van der Waals surface area contributed by atoms with Crippen LogP contribution in [0.1, 0.15) is 64.8 Å². The number of aliphatic hydroxyl groups is 1. The minimum atomic E-state index is -0.631. The summed E-state index contributed by atoms with van der Waals surface area (Å²) in [5, 5.41) is 12.8. The van der Waals surface area contributed by atoms with E-state index in [-0.39, 0.29) is 5.91 Å². The highest BCUT2D eigenvalue weighted by Gasteiger charge is 2.24. The molecule has 1 amide bonds. The molecule has 1 heterocycles. The molecule has 0 aliphatic rings. The van der Waals surface area contributed by atoms with Crippen molar-refractivity contribution in [3.05, 3.63) is 23.5 Å². The Morgan fingerprint density at radius 2 is 2.10 bits per heavy atom. The molecule has 1 aromatic heterocycles. The molecular formula is C16H26N2O2. The molecule has 1 rings (SSSR count). The molecule has 0 spiro atoms. The van der Waals surface area contributed by atoms with E-state index in [0.717, 1.165) is 30.5 Å². The van der Waals surface area contributed by atoms with Crippen LogP contribution in [0.25, 0.3) is 0 Å². The van der Waals surface area contributed by atoms with Gasteiger partial charge in [0.05, 0.1) is 17.5 Å². The number of amides is 1. The standard InChI is InChI=1S/C16H26N2O2/c1-6-7-8-13-14(18-15(20)16(3,4)5)12(11(2)19)9-10-17-13/h9-11,19H,6-8H2,1-5H3,(H,18,20). The molecule has 0 aromatic carbocycles. The van der Waals surface area contributed by atoms with Gasteiger partial charge in [-0.15, -0.1) is 0 Å². The van der Waals surface area contributed by atoms with E-state index in [1.807, 2.05) is 20.8 Å². The first-order valence-corrected chi connectivity index (χ1v) is 7.24. The number of carbonyl (C=O) groups is 1. The molecule has 4 nitrogen and oxygen atoms in total. The lowest BCUT2D eigenvalue weighted by Gasteiger charge is -2.22. The molecule has 0 aliphatic heterocycles. The first-order chi connectivity index (χ1) is 9.27. The van der Waals surface area contributed by atoms with E-state index < -0.39 is 11.5 Å². The van der Waals surface area contributed by atoms with E-state index in [9.17, 15) is 9.90 Å². The van der Waals surface area contributed by atoms with E-state index in [0.29, 0.717) is 5.69 Å². The molecule has 0 saturated heterocycles. The lowest BCUT2D eigenvalue weighted by atomic mass is 9.95. The SMILES string of the molecule is CCCCc1nccc(C(C)O)c1NC(=O)C(C)(C)C. The van der Waals surface area contributed by atoms with Crippen molar-refractivity contribution < 1.29 is 9.90 Å². The maximum Gasteiger partial charge on any atom is 0.229 e. The summed E-state index contributed by atoms with van der Waals surface area (Å²) in [5.41, 5.74) is 1.77. The smallest absolute Gasteiger partial charge is 0.229 e. The van der Waals surface area contributed by atoms with Crippen LogP contribution in [0.15, 0.2) is 12.3 Å². The summed E-state index contributed by atoms with van der Waals surface area (Å²) >= 11 is 0. The molecule has 0 saturated carbocycles. The normalized spacial score (nSPS) is 13.1. The number of aliphatic hydroxyl groups excluding tert-OH is 1. The van der Waals surface area contributed by atoms with Crippen LogP contribution in [0.5, 0.6) is 0 Å². The number of carbonyl (C=O) groups excluding carboxylic acids is 1. The molecule has 1 unspecified atom stereocenters. The summed E-state index contributed by atoms with van der Waals surface area (Å²) < 4.78 is 0. The van der Waals surface area contributed by atoms with Gasteiger partial charge in [0.15, 0.2) is 0 Å². The van der Waals surface area contributed by atoms with Crippen LogP contribution in [0.2, 0.25) is 0 Å². The second-order valence-corrected chi connectivity index (χ2v) is 6.21. The van der Waals surface area contributed by atoms with Crippen molar-refractivity contribution in [2.24, 2.45) is 5.41 Å². The summed E-state index contributed by atoms with van der Waals surface area (Å²) in [5.74, 6) is -0.0647. The Morgan fingerprint density at radius 3 is 2.60 bits per heavy atom. The average molecular weight is 278 g/mol. The number of nitrogens with zero attached hydrogens (tertiary/aromatic N) is 1. The summed E-state index contributed by atoms with van der Waals surface area (Å²) in [6.07, 6.45) is 3.94. The number of hydrogen-bond acceptors (Lipinski definition) is 3. The Labute approximate surface area is 121 Å². The van der Waals surface area contributed by atoms with Gasteiger partial charge >= 0.3 is 0 Å². The number of pyridine rings is 1. The number of hydrogen-bond donors (Lipinski definition) is 2. The summed E-state index contributed by atoms with van der Waals surface area (Å²) in [6.45, 7) is 9.42. The molecule has 1 aromatic rings. The van der Waals surface area contributed by atoms with Gasteiger partial charge in [0.2, 0.25) is 5.91 Å². The molecule has 0 radical (unpaired) electrons. The van der Waals surface area contributed by atoms with Crippen molar-refractivity contribution in [3.8, 4) is 0 Å². The average Bonchev–Trinajstić information content (AvgIpc) is 2.35. The van der Waals surface area contributed by atoms with Gasteiger partial charge in [-0.1, -0.05) is 34.1 Å². The van der Waals surface area contributed by atoms with E-state index >= 15 is 0 Å². The second kappa shape index (κ2) is 6.84.